The monoisotopic (exact) mass is 378 g/mol. The fourth-order valence-electron chi connectivity index (χ4n) is 3.27. The number of carbonyl (C=O) groups excluding carboxylic acids is 2. The average molecular weight is 378 g/mol. The molecule has 2 N–H and O–H groups in total. The summed E-state index contributed by atoms with van der Waals surface area (Å²) in [5.74, 6) is -0.225. The Balaban J connectivity index is 1.97. The summed E-state index contributed by atoms with van der Waals surface area (Å²) in [7, 11) is 5.60. The van der Waals surface area contributed by atoms with Gasteiger partial charge in [0.1, 0.15) is 0 Å². The van der Waals surface area contributed by atoms with Crippen LogP contribution >= 0.6 is 0 Å². The van der Waals surface area contributed by atoms with Gasteiger partial charge in [-0.1, -0.05) is 24.3 Å². The van der Waals surface area contributed by atoms with E-state index in [0.29, 0.717) is 11.3 Å². The van der Waals surface area contributed by atoms with Gasteiger partial charge in [-0.2, -0.15) is 0 Å². The van der Waals surface area contributed by atoms with Crippen LogP contribution in [-0.2, 0) is 4.79 Å². The van der Waals surface area contributed by atoms with Crippen molar-refractivity contribution in [2.75, 3.05) is 31.4 Å². The molecule has 146 valence electrons. The third kappa shape index (κ3) is 3.86. The normalized spacial score (nSPS) is 16.7. The first-order chi connectivity index (χ1) is 13.3. The zero-order valence-electron chi connectivity index (χ0n) is 16.9. The molecule has 0 fully saturated rings. The van der Waals surface area contributed by atoms with Crippen LogP contribution in [0.1, 0.15) is 24.1 Å². The Morgan fingerprint density at radius 3 is 2.39 bits per heavy atom. The molecule has 1 heterocycles. The van der Waals surface area contributed by atoms with E-state index in [1.54, 1.807) is 14.0 Å². The van der Waals surface area contributed by atoms with Gasteiger partial charge < -0.3 is 20.4 Å². The molecule has 0 bridgehead atoms. The van der Waals surface area contributed by atoms with Crippen molar-refractivity contribution < 1.29 is 9.59 Å². The van der Waals surface area contributed by atoms with Crippen LogP contribution in [0.25, 0.3) is 0 Å². The first kappa shape index (κ1) is 19.5. The minimum atomic E-state index is -0.510. The van der Waals surface area contributed by atoms with Gasteiger partial charge >= 0.3 is 6.03 Å². The molecule has 1 aliphatic rings. The summed E-state index contributed by atoms with van der Waals surface area (Å²) >= 11 is 0. The molecule has 6 heteroatoms. The minimum Gasteiger partial charge on any atom is -0.378 e. The summed E-state index contributed by atoms with van der Waals surface area (Å²) in [6, 6.07) is 14.7. The molecule has 28 heavy (non-hydrogen) atoms. The highest BCUT2D eigenvalue weighted by molar-refractivity contribution is 6.06. The zero-order valence-corrected chi connectivity index (χ0v) is 16.9. The van der Waals surface area contributed by atoms with Gasteiger partial charge in [-0.25, -0.2) is 4.79 Å². The Labute approximate surface area is 165 Å². The highest BCUT2D eigenvalue weighted by Crippen LogP contribution is 2.31. The number of anilines is 2. The van der Waals surface area contributed by atoms with Gasteiger partial charge in [0.15, 0.2) is 0 Å². The summed E-state index contributed by atoms with van der Waals surface area (Å²) in [6.45, 7) is 3.77. The SMILES string of the molecule is CC1=C(C(=O)Nc2cccc(C)c2)C(c2ccc(N(C)C)cc2)NC(=O)N1C. The van der Waals surface area contributed by atoms with E-state index in [1.165, 1.54) is 4.90 Å². The summed E-state index contributed by atoms with van der Waals surface area (Å²) in [5, 5.41) is 5.91. The lowest BCUT2D eigenvalue weighted by molar-refractivity contribution is -0.113. The maximum Gasteiger partial charge on any atom is 0.322 e. The third-order valence-electron chi connectivity index (χ3n) is 5.02. The number of hydrogen-bond acceptors (Lipinski definition) is 3. The fourth-order valence-corrected chi connectivity index (χ4v) is 3.27. The maximum atomic E-state index is 13.1. The number of allylic oxidation sites excluding steroid dienone is 1. The van der Waals surface area contributed by atoms with E-state index in [0.717, 1.165) is 22.5 Å². The van der Waals surface area contributed by atoms with Gasteiger partial charge in [-0.15, -0.1) is 0 Å². The molecule has 2 aromatic carbocycles. The van der Waals surface area contributed by atoms with Crippen LogP contribution in [0.5, 0.6) is 0 Å². The lowest BCUT2D eigenvalue weighted by Gasteiger charge is -2.33. The van der Waals surface area contributed by atoms with Crippen molar-refractivity contribution in [2.45, 2.75) is 19.9 Å². The molecular formula is C22H26N4O2. The molecule has 0 saturated heterocycles. The smallest absolute Gasteiger partial charge is 0.322 e. The predicted molar refractivity (Wildman–Crippen MR) is 112 cm³/mol. The Kier molecular flexibility index (Phi) is 5.40. The third-order valence-corrected chi connectivity index (χ3v) is 5.02. The van der Waals surface area contributed by atoms with E-state index in [1.807, 2.05) is 74.4 Å². The van der Waals surface area contributed by atoms with Crippen molar-refractivity contribution in [3.63, 3.8) is 0 Å². The van der Waals surface area contributed by atoms with Crippen LogP contribution in [0.2, 0.25) is 0 Å². The summed E-state index contributed by atoms with van der Waals surface area (Å²) in [6.07, 6.45) is 0. The number of hydrogen-bond donors (Lipinski definition) is 2. The van der Waals surface area contributed by atoms with E-state index in [2.05, 4.69) is 10.6 Å². The molecule has 3 rings (SSSR count). The fraction of sp³-hybridized carbons (Fsp3) is 0.273. The second-order valence-electron chi connectivity index (χ2n) is 7.25. The first-order valence-corrected chi connectivity index (χ1v) is 9.18. The number of carbonyl (C=O) groups is 2. The molecule has 0 aliphatic carbocycles. The Morgan fingerprint density at radius 2 is 1.79 bits per heavy atom. The van der Waals surface area contributed by atoms with Crippen LogP contribution in [0.4, 0.5) is 16.2 Å². The summed E-state index contributed by atoms with van der Waals surface area (Å²) in [4.78, 5) is 29.0. The van der Waals surface area contributed by atoms with Crippen molar-refractivity contribution in [3.8, 4) is 0 Å². The Hall–Kier alpha value is -3.28. The maximum absolute atomic E-state index is 13.1. The van der Waals surface area contributed by atoms with Gasteiger partial charge in [0, 0.05) is 38.2 Å². The van der Waals surface area contributed by atoms with Crippen molar-refractivity contribution in [1.29, 1.82) is 0 Å². The number of nitrogens with zero attached hydrogens (tertiary/aromatic N) is 2. The van der Waals surface area contributed by atoms with E-state index >= 15 is 0 Å². The second kappa shape index (κ2) is 7.76. The largest absolute Gasteiger partial charge is 0.378 e. The number of aryl methyl sites for hydroxylation is 1. The standard InChI is InChI=1S/C22H26N4O2/c1-14-7-6-8-17(13-14)23-21(27)19-15(2)26(5)22(28)24-20(19)16-9-11-18(12-10-16)25(3)4/h6-13,20H,1-5H3,(H,23,27)(H,24,28). The first-order valence-electron chi connectivity index (χ1n) is 9.18. The number of urea groups is 1. The molecule has 0 spiro atoms. The number of benzene rings is 2. The van der Waals surface area contributed by atoms with Crippen molar-refractivity contribution >= 4 is 23.3 Å². The van der Waals surface area contributed by atoms with Crippen molar-refractivity contribution in [3.05, 3.63) is 70.9 Å². The zero-order chi connectivity index (χ0) is 20.4. The van der Waals surface area contributed by atoms with Gasteiger partial charge in [0.05, 0.1) is 11.6 Å². The predicted octanol–water partition coefficient (Wildman–Crippen LogP) is 3.67. The number of rotatable bonds is 4. The molecule has 3 amide bonds. The molecule has 6 nitrogen and oxygen atoms in total. The minimum absolute atomic E-state index is 0.225. The van der Waals surface area contributed by atoms with Crippen molar-refractivity contribution in [1.82, 2.24) is 10.2 Å². The molecule has 1 aliphatic heterocycles. The quantitative estimate of drug-likeness (QED) is 0.853. The average Bonchev–Trinajstić information content (AvgIpc) is 2.65. The molecule has 2 aromatic rings. The van der Waals surface area contributed by atoms with Crippen LogP contribution in [0.15, 0.2) is 59.8 Å². The Bertz CT molecular complexity index is 932. The van der Waals surface area contributed by atoms with Crippen LogP contribution in [-0.4, -0.2) is 38.0 Å². The van der Waals surface area contributed by atoms with Gasteiger partial charge in [0.2, 0.25) is 0 Å². The Morgan fingerprint density at radius 1 is 1.11 bits per heavy atom. The number of nitrogens with one attached hydrogen (secondary N) is 2. The van der Waals surface area contributed by atoms with Crippen LogP contribution in [0.3, 0.4) is 0 Å². The van der Waals surface area contributed by atoms with Gasteiger partial charge in [-0.05, 0) is 49.2 Å². The summed E-state index contributed by atoms with van der Waals surface area (Å²) < 4.78 is 0. The lowest BCUT2D eigenvalue weighted by Crippen LogP contribution is -2.46. The second-order valence-corrected chi connectivity index (χ2v) is 7.25. The molecule has 0 radical (unpaired) electrons. The molecular weight excluding hydrogens is 352 g/mol. The van der Waals surface area contributed by atoms with E-state index < -0.39 is 6.04 Å². The highest BCUT2D eigenvalue weighted by Gasteiger charge is 2.34. The lowest BCUT2D eigenvalue weighted by atomic mass is 9.94. The molecule has 1 unspecified atom stereocenters. The van der Waals surface area contributed by atoms with Crippen molar-refractivity contribution in [2.24, 2.45) is 0 Å². The summed E-state index contributed by atoms with van der Waals surface area (Å²) in [5.41, 5.74) is 4.87. The van der Waals surface area contributed by atoms with E-state index in [4.69, 9.17) is 0 Å². The van der Waals surface area contributed by atoms with E-state index in [-0.39, 0.29) is 11.9 Å². The van der Waals surface area contributed by atoms with Crippen LogP contribution in [0, 0.1) is 6.92 Å². The molecule has 0 saturated carbocycles. The number of amides is 3. The highest BCUT2D eigenvalue weighted by atomic mass is 16.2. The van der Waals surface area contributed by atoms with Gasteiger partial charge in [-0.3, -0.25) is 4.79 Å². The molecule has 0 aromatic heterocycles. The van der Waals surface area contributed by atoms with E-state index in [9.17, 15) is 9.59 Å². The molecule has 1 atom stereocenters. The van der Waals surface area contributed by atoms with Gasteiger partial charge in [0.25, 0.3) is 5.91 Å². The topological polar surface area (TPSA) is 64.7 Å². The van der Waals surface area contributed by atoms with Crippen LogP contribution < -0.4 is 15.5 Å².